The van der Waals surface area contributed by atoms with Crippen molar-refractivity contribution in [2.24, 2.45) is 0 Å². The van der Waals surface area contributed by atoms with Gasteiger partial charge in [-0.3, -0.25) is 9.20 Å². The highest BCUT2D eigenvalue weighted by atomic mass is 16.5. The van der Waals surface area contributed by atoms with Gasteiger partial charge in [-0.15, -0.1) is 0 Å². The molecule has 2 aromatic carbocycles. The minimum absolute atomic E-state index is 0.267. The molecular weight excluding hydrogens is 456 g/mol. The molecule has 3 aromatic heterocycles. The molecule has 6 rings (SSSR count). The van der Waals surface area contributed by atoms with Crippen LogP contribution in [0, 0.1) is 0 Å². The molecule has 0 spiro atoms. The monoisotopic (exact) mass is 482 g/mol. The molecule has 0 amide bonds. The van der Waals surface area contributed by atoms with Gasteiger partial charge in [0.05, 0.1) is 12.8 Å². The van der Waals surface area contributed by atoms with E-state index in [2.05, 4.69) is 49.2 Å². The first-order valence-corrected chi connectivity index (χ1v) is 11.8. The lowest BCUT2D eigenvalue weighted by Crippen LogP contribution is -2.44. The van der Waals surface area contributed by atoms with Crippen LogP contribution < -0.4 is 20.5 Å². The smallest absolute Gasteiger partial charge is 0.270 e. The van der Waals surface area contributed by atoms with Crippen LogP contribution in [0.25, 0.3) is 22.5 Å². The molecule has 1 saturated heterocycles. The molecule has 0 aliphatic carbocycles. The van der Waals surface area contributed by atoms with Crippen molar-refractivity contribution in [3.8, 4) is 11.4 Å². The van der Waals surface area contributed by atoms with Crippen LogP contribution in [0.4, 0.5) is 17.3 Å². The van der Waals surface area contributed by atoms with Crippen molar-refractivity contribution in [3.63, 3.8) is 0 Å². The highest BCUT2D eigenvalue weighted by molar-refractivity contribution is 5.78. The topological polar surface area (TPSA) is 92.8 Å². The van der Waals surface area contributed by atoms with E-state index < -0.39 is 0 Å². The number of imidazole rings is 1. The van der Waals surface area contributed by atoms with Crippen molar-refractivity contribution in [1.29, 1.82) is 0 Å². The van der Waals surface area contributed by atoms with E-state index in [1.54, 1.807) is 30.1 Å². The maximum absolute atomic E-state index is 13.5. The van der Waals surface area contributed by atoms with Crippen LogP contribution in [0.5, 0.6) is 5.75 Å². The fourth-order valence-electron chi connectivity index (χ4n) is 4.59. The first-order valence-electron chi connectivity index (χ1n) is 11.8. The van der Waals surface area contributed by atoms with Gasteiger partial charge in [0.1, 0.15) is 11.1 Å². The number of para-hydroxylation sites is 2. The highest BCUT2D eigenvalue weighted by Crippen LogP contribution is 2.25. The van der Waals surface area contributed by atoms with E-state index in [1.165, 1.54) is 10.3 Å². The summed E-state index contributed by atoms with van der Waals surface area (Å²) in [6.07, 6.45) is 4.98. The Balaban J connectivity index is 1.35. The van der Waals surface area contributed by atoms with Crippen LogP contribution in [0.1, 0.15) is 0 Å². The SMILES string of the molecule is COc1ccccc1-n1c(=O)c2cnc(Nc3ccc(N4CCN(C)CC4)cc3)nc2n2ccnc12. The van der Waals surface area contributed by atoms with Gasteiger partial charge in [-0.25, -0.2) is 14.5 Å². The number of hydrogen-bond acceptors (Lipinski definition) is 8. The van der Waals surface area contributed by atoms with E-state index in [-0.39, 0.29) is 5.56 Å². The number of fused-ring (bicyclic) bond motifs is 3. The Bertz CT molecular complexity index is 1600. The Labute approximate surface area is 207 Å². The van der Waals surface area contributed by atoms with Gasteiger partial charge in [0, 0.05) is 56.1 Å². The van der Waals surface area contributed by atoms with E-state index in [9.17, 15) is 4.79 Å². The summed E-state index contributed by atoms with van der Waals surface area (Å²) >= 11 is 0. The third kappa shape index (κ3) is 3.81. The van der Waals surface area contributed by atoms with E-state index in [4.69, 9.17) is 4.74 Å². The van der Waals surface area contributed by atoms with Gasteiger partial charge in [0.2, 0.25) is 11.7 Å². The van der Waals surface area contributed by atoms with E-state index in [0.717, 1.165) is 31.9 Å². The Morgan fingerprint density at radius 2 is 1.75 bits per heavy atom. The van der Waals surface area contributed by atoms with Crippen molar-refractivity contribution in [3.05, 3.63) is 77.5 Å². The van der Waals surface area contributed by atoms with Crippen LogP contribution in [0.15, 0.2) is 71.9 Å². The number of piperazine rings is 1. The summed E-state index contributed by atoms with van der Waals surface area (Å²) in [5.74, 6) is 1.42. The molecule has 0 saturated carbocycles. The minimum Gasteiger partial charge on any atom is -0.495 e. The molecular formula is C26H26N8O2. The molecule has 10 nitrogen and oxygen atoms in total. The molecule has 0 bridgehead atoms. The number of hydrogen-bond donors (Lipinski definition) is 1. The second-order valence-electron chi connectivity index (χ2n) is 8.80. The second kappa shape index (κ2) is 8.97. The number of likely N-dealkylation sites (N-methyl/N-ethyl adjacent to an activating group) is 1. The van der Waals surface area contributed by atoms with Gasteiger partial charge < -0.3 is 19.9 Å². The summed E-state index contributed by atoms with van der Waals surface area (Å²) < 4.78 is 8.79. The number of ether oxygens (including phenoxy) is 1. The average Bonchev–Trinajstić information content (AvgIpc) is 3.40. The molecule has 0 atom stereocenters. The summed E-state index contributed by atoms with van der Waals surface area (Å²) in [5, 5.41) is 3.64. The summed E-state index contributed by atoms with van der Waals surface area (Å²) in [6.45, 7) is 4.16. The van der Waals surface area contributed by atoms with Crippen molar-refractivity contribution < 1.29 is 4.74 Å². The number of nitrogens with one attached hydrogen (secondary N) is 1. The van der Waals surface area contributed by atoms with Gasteiger partial charge in [-0.05, 0) is 43.4 Å². The third-order valence-electron chi connectivity index (χ3n) is 6.57. The lowest BCUT2D eigenvalue weighted by atomic mass is 10.2. The molecule has 10 heteroatoms. The molecule has 4 heterocycles. The predicted octanol–water partition coefficient (Wildman–Crippen LogP) is 2.93. The molecule has 1 aliphatic rings. The van der Waals surface area contributed by atoms with Crippen LogP contribution in [-0.4, -0.2) is 69.2 Å². The fourth-order valence-corrected chi connectivity index (χ4v) is 4.59. The van der Waals surface area contributed by atoms with E-state index >= 15 is 0 Å². The van der Waals surface area contributed by atoms with Crippen molar-refractivity contribution in [2.75, 3.05) is 50.6 Å². The quantitative estimate of drug-likeness (QED) is 0.409. The van der Waals surface area contributed by atoms with Crippen molar-refractivity contribution in [1.82, 2.24) is 28.8 Å². The maximum Gasteiger partial charge on any atom is 0.270 e. The molecule has 0 unspecified atom stereocenters. The van der Waals surface area contributed by atoms with Crippen LogP contribution in [0.3, 0.4) is 0 Å². The average molecular weight is 483 g/mol. The zero-order valence-electron chi connectivity index (χ0n) is 20.1. The van der Waals surface area contributed by atoms with Crippen LogP contribution >= 0.6 is 0 Å². The summed E-state index contributed by atoms with van der Waals surface area (Å²) in [7, 11) is 3.73. The molecule has 1 aliphatic heterocycles. The standard InChI is InChI=1S/C26H26N8O2/c1-31-13-15-32(16-14-31)19-9-7-18(8-10-19)29-25-28-17-20-23(30-25)33-12-11-27-26(33)34(24(20)35)21-5-3-4-6-22(21)36-2/h3-12,17H,13-16H2,1-2H3,(H,28,29,30). The molecule has 5 aromatic rings. The third-order valence-corrected chi connectivity index (χ3v) is 6.57. The predicted molar refractivity (Wildman–Crippen MR) is 140 cm³/mol. The number of benzene rings is 2. The van der Waals surface area contributed by atoms with E-state index in [1.807, 2.05) is 36.4 Å². The zero-order valence-corrected chi connectivity index (χ0v) is 20.1. The Morgan fingerprint density at radius 1 is 0.972 bits per heavy atom. The zero-order chi connectivity index (χ0) is 24.6. The number of anilines is 3. The molecule has 0 radical (unpaired) electrons. The van der Waals surface area contributed by atoms with Crippen molar-refractivity contribution in [2.45, 2.75) is 0 Å². The van der Waals surface area contributed by atoms with Gasteiger partial charge >= 0.3 is 0 Å². The van der Waals surface area contributed by atoms with Crippen LogP contribution in [0.2, 0.25) is 0 Å². The van der Waals surface area contributed by atoms with Gasteiger partial charge in [0.15, 0.2) is 5.65 Å². The van der Waals surface area contributed by atoms with Crippen LogP contribution in [-0.2, 0) is 0 Å². The lowest BCUT2D eigenvalue weighted by molar-refractivity contribution is 0.313. The number of nitrogens with zero attached hydrogens (tertiary/aromatic N) is 7. The first kappa shape index (κ1) is 22.1. The maximum atomic E-state index is 13.5. The Kier molecular flexibility index (Phi) is 5.49. The van der Waals surface area contributed by atoms with Gasteiger partial charge in [-0.1, -0.05) is 12.1 Å². The summed E-state index contributed by atoms with van der Waals surface area (Å²) in [4.78, 5) is 31.8. The lowest BCUT2D eigenvalue weighted by Gasteiger charge is -2.34. The Morgan fingerprint density at radius 3 is 2.53 bits per heavy atom. The molecule has 182 valence electrons. The highest BCUT2D eigenvalue weighted by Gasteiger charge is 2.18. The first-order chi connectivity index (χ1) is 17.6. The molecule has 1 fully saturated rings. The Hall–Kier alpha value is -4.44. The number of aromatic nitrogens is 5. The van der Waals surface area contributed by atoms with E-state index in [0.29, 0.717) is 34.2 Å². The van der Waals surface area contributed by atoms with Gasteiger partial charge in [0.25, 0.3) is 5.56 Å². The van der Waals surface area contributed by atoms with Crippen molar-refractivity contribution >= 4 is 34.1 Å². The second-order valence-corrected chi connectivity index (χ2v) is 8.80. The van der Waals surface area contributed by atoms with Gasteiger partial charge in [-0.2, -0.15) is 4.98 Å². The number of rotatable bonds is 5. The number of methoxy groups -OCH3 is 1. The molecule has 36 heavy (non-hydrogen) atoms. The largest absolute Gasteiger partial charge is 0.495 e. The summed E-state index contributed by atoms with van der Waals surface area (Å²) in [6, 6.07) is 15.6. The molecule has 1 N–H and O–H groups in total. The minimum atomic E-state index is -0.267. The normalized spacial score (nSPS) is 14.4. The summed E-state index contributed by atoms with van der Waals surface area (Å²) in [5.41, 5.74) is 2.88. The fraction of sp³-hybridized carbons (Fsp3) is 0.231.